The summed E-state index contributed by atoms with van der Waals surface area (Å²) in [5.74, 6) is 1.46. The predicted octanol–water partition coefficient (Wildman–Crippen LogP) is 5.01. The van der Waals surface area contributed by atoms with Gasteiger partial charge in [0.15, 0.2) is 0 Å². The zero-order chi connectivity index (χ0) is 18.4. The Balaban J connectivity index is 1.58. The minimum atomic E-state index is 0.636. The molecular formula is C21H23ClN4. The molecular weight excluding hydrogens is 344 g/mol. The summed E-state index contributed by atoms with van der Waals surface area (Å²) in [5.41, 5.74) is 4.59. The van der Waals surface area contributed by atoms with E-state index >= 15 is 0 Å². The molecule has 0 unspecified atom stereocenters. The van der Waals surface area contributed by atoms with Crippen LogP contribution in [0.25, 0.3) is 0 Å². The molecule has 0 aliphatic heterocycles. The Hall–Kier alpha value is -2.59. The van der Waals surface area contributed by atoms with E-state index in [1.165, 1.54) is 16.7 Å². The molecule has 1 heterocycles. The van der Waals surface area contributed by atoms with Gasteiger partial charge in [-0.05, 0) is 43.5 Å². The van der Waals surface area contributed by atoms with Crippen molar-refractivity contribution in [2.24, 2.45) is 0 Å². The Morgan fingerprint density at radius 2 is 1.69 bits per heavy atom. The van der Waals surface area contributed by atoms with Gasteiger partial charge in [-0.1, -0.05) is 53.6 Å². The molecule has 0 spiro atoms. The first-order chi connectivity index (χ1) is 12.6. The number of rotatable bonds is 7. The van der Waals surface area contributed by atoms with E-state index in [0.717, 1.165) is 29.5 Å². The maximum Gasteiger partial charge on any atom is 0.225 e. The fourth-order valence-corrected chi connectivity index (χ4v) is 2.98. The van der Waals surface area contributed by atoms with E-state index in [2.05, 4.69) is 57.9 Å². The summed E-state index contributed by atoms with van der Waals surface area (Å²) in [6.45, 7) is 5.55. The predicted molar refractivity (Wildman–Crippen MR) is 109 cm³/mol. The molecule has 26 heavy (non-hydrogen) atoms. The first kappa shape index (κ1) is 18.2. The van der Waals surface area contributed by atoms with Crippen molar-refractivity contribution >= 4 is 23.4 Å². The highest BCUT2D eigenvalue weighted by molar-refractivity contribution is 6.30. The highest BCUT2D eigenvalue weighted by Gasteiger charge is 2.03. The summed E-state index contributed by atoms with van der Waals surface area (Å²) in [7, 11) is 0. The zero-order valence-electron chi connectivity index (χ0n) is 15.1. The third-order valence-electron chi connectivity index (χ3n) is 4.00. The number of hydrogen-bond donors (Lipinski definition) is 2. The number of nitrogens with one attached hydrogen (secondary N) is 2. The number of aryl methyl sites for hydroxylation is 2. The van der Waals surface area contributed by atoms with Gasteiger partial charge in [-0.25, -0.2) is 4.98 Å². The van der Waals surface area contributed by atoms with Crippen LogP contribution in [0.1, 0.15) is 22.4 Å². The van der Waals surface area contributed by atoms with Gasteiger partial charge in [0.2, 0.25) is 5.95 Å². The van der Waals surface area contributed by atoms with Crippen LogP contribution in [0.15, 0.2) is 54.6 Å². The molecule has 2 N–H and O–H groups in total. The number of hydrogen-bond acceptors (Lipinski definition) is 4. The molecule has 134 valence electrons. The Kier molecular flexibility index (Phi) is 6.08. The number of benzene rings is 2. The lowest BCUT2D eigenvalue weighted by atomic mass is 10.1. The average molecular weight is 367 g/mol. The molecule has 0 saturated carbocycles. The van der Waals surface area contributed by atoms with Crippen LogP contribution in [0.2, 0.25) is 5.02 Å². The lowest BCUT2D eigenvalue weighted by molar-refractivity contribution is 0.981. The van der Waals surface area contributed by atoms with Gasteiger partial charge in [0.05, 0.1) is 0 Å². The number of aromatic nitrogens is 2. The summed E-state index contributed by atoms with van der Waals surface area (Å²) in [6.07, 6.45) is 0.885. The lowest BCUT2D eigenvalue weighted by Gasteiger charge is -2.10. The van der Waals surface area contributed by atoms with Crippen LogP contribution in [0.4, 0.5) is 11.8 Å². The van der Waals surface area contributed by atoms with Crippen molar-refractivity contribution in [1.82, 2.24) is 9.97 Å². The SMILES string of the molecule is Cc1cccc(CNc2nc(C)cc(NCCc3cccc(Cl)c3)n2)c1. The van der Waals surface area contributed by atoms with Gasteiger partial charge in [-0.15, -0.1) is 0 Å². The first-order valence-corrected chi connectivity index (χ1v) is 9.10. The van der Waals surface area contributed by atoms with E-state index in [1.807, 2.05) is 31.2 Å². The maximum atomic E-state index is 6.03. The van der Waals surface area contributed by atoms with Gasteiger partial charge >= 0.3 is 0 Å². The highest BCUT2D eigenvalue weighted by Crippen LogP contribution is 2.13. The van der Waals surface area contributed by atoms with Crippen molar-refractivity contribution in [1.29, 1.82) is 0 Å². The van der Waals surface area contributed by atoms with Gasteiger partial charge < -0.3 is 10.6 Å². The molecule has 0 fully saturated rings. The molecule has 3 rings (SSSR count). The molecule has 0 aliphatic rings. The number of anilines is 2. The molecule has 1 aromatic heterocycles. The average Bonchev–Trinajstić information content (AvgIpc) is 2.60. The molecule has 0 bridgehead atoms. The standard InChI is InChI=1S/C21H23ClN4/c1-15-5-3-7-18(11-15)14-24-21-25-16(2)12-20(26-21)23-10-9-17-6-4-8-19(22)13-17/h3-8,11-13H,9-10,14H2,1-2H3,(H2,23,24,25,26). The summed E-state index contributed by atoms with van der Waals surface area (Å²) in [6, 6.07) is 18.3. The highest BCUT2D eigenvalue weighted by atomic mass is 35.5. The van der Waals surface area contributed by atoms with Crippen molar-refractivity contribution < 1.29 is 0 Å². The fourth-order valence-electron chi connectivity index (χ4n) is 2.77. The second-order valence-electron chi connectivity index (χ2n) is 6.37. The van der Waals surface area contributed by atoms with Crippen molar-refractivity contribution in [3.8, 4) is 0 Å². The minimum absolute atomic E-state index is 0.636. The summed E-state index contributed by atoms with van der Waals surface area (Å²) in [4.78, 5) is 9.03. The van der Waals surface area contributed by atoms with E-state index in [4.69, 9.17) is 11.6 Å². The second-order valence-corrected chi connectivity index (χ2v) is 6.80. The number of nitrogens with zero attached hydrogens (tertiary/aromatic N) is 2. The van der Waals surface area contributed by atoms with Crippen molar-refractivity contribution in [3.63, 3.8) is 0 Å². The molecule has 0 saturated heterocycles. The van der Waals surface area contributed by atoms with Gasteiger partial charge in [0, 0.05) is 29.9 Å². The van der Waals surface area contributed by atoms with Gasteiger partial charge in [0.1, 0.15) is 5.82 Å². The second kappa shape index (κ2) is 8.68. The van der Waals surface area contributed by atoms with E-state index in [0.29, 0.717) is 12.5 Å². The minimum Gasteiger partial charge on any atom is -0.370 e. The molecule has 0 amide bonds. The fraction of sp³-hybridized carbons (Fsp3) is 0.238. The van der Waals surface area contributed by atoms with Crippen LogP contribution in [0, 0.1) is 13.8 Å². The molecule has 3 aromatic rings. The Labute approximate surface area is 159 Å². The third-order valence-corrected chi connectivity index (χ3v) is 4.23. The molecule has 0 aliphatic carbocycles. The monoisotopic (exact) mass is 366 g/mol. The van der Waals surface area contributed by atoms with Crippen LogP contribution in [-0.4, -0.2) is 16.5 Å². The topological polar surface area (TPSA) is 49.8 Å². The molecule has 5 heteroatoms. The summed E-state index contributed by atoms with van der Waals surface area (Å²) in [5, 5.41) is 7.44. The Morgan fingerprint density at radius 3 is 2.50 bits per heavy atom. The van der Waals surface area contributed by atoms with Crippen molar-refractivity contribution in [2.75, 3.05) is 17.2 Å². The van der Waals surface area contributed by atoms with Crippen molar-refractivity contribution in [3.05, 3.63) is 82.0 Å². The van der Waals surface area contributed by atoms with Crippen LogP contribution >= 0.6 is 11.6 Å². The normalized spacial score (nSPS) is 10.6. The Morgan fingerprint density at radius 1 is 0.885 bits per heavy atom. The largest absolute Gasteiger partial charge is 0.370 e. The third kappa shape index (κ3) is 5.46. The molecule has 0 radical (unpaired) electrons. The maximum absolute atomic E-state index is 6.03. The molecule has 4 nitrogen and oxygen atoms in total. The van der Waals surface area contributed by atoms with Crippen LogP contribution in [-0.2, 0) is 13.0 Å². The smallest absolute Gasteiger partial charge is 0.225 e. The summed E-state index contributed by atoms with van der Waals surface area (Å²) < 4.78 is 0. The van der Waals surface area contributed by atoms with E-state index in [9.17, 15) is 0 Å². The van der Waals surface area contributed by atoms with Gasteiger partial charge in [-0.2, -0.15) is 4.98 Å². The van der Waals surface area contributed by atoms with Crippen LogP contribution < -0.4 is 10.6 Å². The van der Waals surface area contributed by atoms with E-state index < -0.39 is 0 Å². The lowest BCUT2D eigenvalue weighted by Crippen LogP contribution is -2.10. The van der Waals surface area contributed by atoms with Crippen molar-refractivity contribution in [2.45, 2.75) is 26.8 Å². The van der Waals surface area contributed by atoms with Gasteiger partial charge in [0.25, 0.3) is 0 Å². The van der Waals surface area contributed by atoms with Gasteiger partial charge in [-0.3, -0.25) is 0 Å². The zero-order valence-corrected chi connectivity index (χ0v) is 15.8. The Bertz CT molecular complexity index is 879. The quantitative estimate of drug-likeness (QED) is 0.616. The summed E-state index contributed by atoms with van der Waals surface area (Å²) >= 11 is 6.03. The number of halogens is 1. The van der Waals surface area contributed by atoms with Crippen LogP contribution in [0.5, 0.6) is 0 Å². The first-order valence-electron chi connectivity index (χ1n) is 8.72. The molecule has 2 aromatic carbocycles. The van der Waals surface area contributed by atoms with Crippen LogP contribution in [0.3, 0.4) is 0 Å². The van der Waals surface area contributed by atoms with E-state index in [1.54, 1.807) is 0 Å². The molecule has 0 atom stereocenters. The van der Waals surface area contributed by atoms with E-state index in [-0.39, 0.29) is 0 Å².